The summed E-state index contributed by atoms with van der Waals surface area (Å²) in [6.45, 7) is 4.10. The molecule has 0 spiro atoms. The molecular weight excluding hydrogens is 271 g/mol. The number of para-hydroxylation sites is 1. The number of rotatable bonds is 6. The molecular formula is C16H19O3P. The Morgan fingerprint density at radius 2 is 1.65 bits per heavy atom. The lowest BCUT2D eigenvalue weighted by atomic mass is 10.2. The SMILES string of the molecule is CCOP(=O)(Cc1ccccc1)Oc1ccccc1C. The summed E-state index contributed by atoms with van der Waals surface area (Å²) in [5, 5.41) is 0. The minimum atomic E-state index is -3.19. The van der Waals surface area contributed by atoms with Crippen LogP contribution in [0.3, 0.4) is 0 Å². The van der Waals surface area contributed by atoms with Gasteiger partial charge in [0.05, 0.1) is 12.8 Å². The highest BCUT2D eigenvalue weighted by Gasteiger charge is 2.26. The summed E-state index contributed by atoms with van der Waals surface area (Å²) in [5.74, 6) is 0.611. The predicted octanol–water partition coefficient (Wildman–Crippen LogP) is 4.80. The lowest BCUT2D eigenvalue weighted by molar-refractivity contribution is 0.277. The van der Waals surface area contributed by atoms with Crippen molar-refractivity contribution in [3.8, 4) is 5.75 Å². The lowest BCUT2D eigenvalue weighted by Crippen LogP contribution is -2.02. The number of hydrogen-bond acceptors (Lipinski definition) is 3. The van der Waals surface area contributed by atoms with Gasteiger partial charge in [0.15, 0.2) is 0 Å². The van der Waals surface area contributed by atoms with Gasteiger partial charge in [-0.15, -0.1) is 0 Å². The molecule has 0 radical (unpaired) electrons. The molecule has 0 aromatic heterocycles. The monoisotopic (exact) mass is 290 g/mol. The third-order valence-electron chi connectivity index (χ3n) is 2.88. The van der Waals surface area contributed by atoms with E-state index in [-0.39, 0.29) is 6.16 Å². The molecule has 0 aliphatic rings. The van der Waals surface area contributed by atoms with Crippen LogP contribution in [0, 0.1) is 6.92 Å². The molecule has 0 aliphatic heterocycles. The molecule has 1 atom stereocenters. The maximum atomic E-state index is 12.9. The number of hydrogen-bond donors (Lipinski definition) is 0. The Balaban J connectivity index is 2.21. The zero-order valence-electron chi connectivity index (χ0n) is 11.8. The number of aryl methyl sites for hydroxylation is 1. The Bertz CT molecular complexity index is 596. The van der Waals surface area contributed by atoms with Gasteiger partial charge in [-0.25, -0.2) is 4.57 Å². The highest BCUT2D eigenvalue weighted by atomic mass is 31.2. The van der Waals surface area contributed by atoms with Gasteiger partial charge in [-0.2, -0.15) is 0 Å². The van der Waals surface area contributed by atoms with Crippen LogP contribution in [0.25, 0.3) is 0 Å². The van der Waals surface area contributed by atoms with E-state index < -0.39 is 7.60 Å². The number of benzene rings is 2. The van der Waals surface area contributed by atoms with Gasteiger partial charge in [-0.05, 0) is 31.0 Å². The van der Waals surface area contributed by atoms with Gasteiger partial charge in [0.1, 0.15) is 5.75 Å². The molecule has 0 N–H and O–H groups in total. The average Bonchev–Trinajstić information content (AvgIpc) is 2.43. The van der Waals surface area contributed by atoms with Crippen LogP contribution in [0.4, 0.5) is 0 Å². The first-order chi connectivity index (χ1) is 9.63. The normalized spacial score (nSPS) is 13.7. The van der Waals surface area contributed by atoms with Crippen LogP contribution in [-0.4, -0.2) is 6.61 Å². The summed E-state index contributed by atoms with van der Waals surface area (Å²) < 4.78 is 24.0. The molecule has 0 aliphatic carbocycles. The van der Waals surface area contributed by atoms with Gasteiger partial charge in [0, 0.05) is 0 Å². The third kappa shape index (κ3) is 3.96. The van der Waals surface area contributed by atoms with E-state index >= 15 is 0 Å². The fraction of sp³-hybridized carbons (Fsp3) is 0.250. The molecule has 0 heterocycles. The first-order valence-electron chi connectivity index (χ1n) is 6.66. The van der Waals surface area contributed by atoms with Crippen molar-refractivity contribution in [2.24, 2.45) is 0 Å². The Morgan fingerprint density at radius 3 is 2.30 bits per heavy atom. The summed E-state index contributed by atoms with van der Waals surface area (Å²) in [5.41, 5.74) is 1.89. The van der Waals surface area contributed by atoms with E-state index in [4.69, 9.17) is 9.05 Å². The van der Waals surface area contributed by atoms with Crippen molar-refractivity contribution in [1.29, 1.82) is 0 Å². The van der Waals surface area contributed by atoms with Crippen LogP contribution >= 0.6 is 7.60 Å². The zero-order chi connectivity index (χ0) is 14.4. The van der Waals surface area contributed by atoms with Crippen LogP contribution in [0.2, 0.25) is 0 Å². The van der Waals surface area contributed by atoms with Gasteiger partial charge in [0.25, 0.3) is 0 Å². The second kappa shape index (κ2) is 6.74. The minimum absolute atomic E-state index is 0.274. The molecule has 0 bridgehead atoms. The first-order valence-corrected chi connectivity index (χ1v) is 8.38. The lowest BCUT2D eigenvalue weighted by Gasteiger charge is -2.20. The molecule has 3 nitrogen and oxygen atoms in total. The summed E-state index contributed by atoms with van der Waals surface area (Å²) in [7, 11) is -3.19. The highest BCUT2D eigenvalue weighted by Crippen LogP contribution is 2.51. The van der Waals surface area contributed by atoms with E-state index in [2.05, 4.69) is 0 Å². The second-order valence-corrected chi connectivity index (χ2v) is 6.51. The Kier molecular flexibility index (Phi) is 4.99. The fourth-order valence-corrected chi connectivity index (χ4v) is 3.68. The molecule has 0 saturated heterocycles. The van der Waals surface area contributed by atoms with Crippen molar-refractivity contribution in [2.45, 2.75) is 20.0 Å². The largest absolute Gasteiger partial charge is 0.424 e. The molecule has 4 heteroatoms. The smallest absolute Gasteiger partial charge is 0.383 e. The molecule has 2 rings (SSSR count). The molecule has 2 aromatic carbocycles. The zero-order valence-corrected chi connectivity index (χ0v) is 12.7. The van der Waals surface area contributed by atoms with E-state index in [1.54, 1.807) is 0 Å². The van der Waals surface area contributed by atoms with Crippen molar-refractivity contribution in [3.63, 3.8) is 0 Å². The summed E-state index contributed by atoms with van der Waals surface area (Å²) in [6.07, 6.45) is 0.274. The molecule has 2 aromatic rings. The van der Waals surface area contributed by atoms with Crippen molar-refractivity contribution >= 4 is 7.60 Å². The van der Waals surface area contributed by atoms with E-state index in [1.807, 2.05) is 68.4 Å². The summed E-state index contributed by atoms with van der Waals surface area (Å²) in [4.78, 5) is 0. The van der Waals surface area contributed by atoms with Crippen LogP contribution < -0.4 is 4.52 Å². The van der Waals surface area contributed by atoms with Gasteiger partial charge in [0.2, 0.25) is 0 Å². The summed E-state index contributed by atoms with van der Waals surface area (Å²) >= 11 is 0. The first kappa shape index (κ1) is 14.8. The Labute approximate surface area is 120 Å². The van der Waals surface area contributed by atoms with Crippen LogP contribution in [0.5, 0.6) is 5.75 Å². The van der Waals surface area contributed by atoms with Crippen LogP contribution in [-0.2, 0) is 15.3 Å². The minimum Gasteiger partial charge on any atom is -0.424 e. The van der Waals surface area contributed by atoms with Crippen molar-refractivity contribution < 1.29 is 13.6 Å². The van der Waals surface area contributed by atoms with Gasteiger partial charge in [-0.1, -0.05) is 48.5 Å². The van der Waals surface area contributed by atoms with E-state index in [1.165, 1.54) is 0 Å². The van der Waals surface area contributed by atoms with E-state index in [0.717, 1.165) is 11.1 Å². The van der Waals surface area contributed by atoms with E-state index in [9.17, 15) is 4.57 Å². The fourth-order valence-electron chi connectivity index (χ4n) is 1.92. The molecule has 0 saturated carbocycles. The Hall–Kier alpha value is -1.57. The van der Waals surface area contributed by atoms with Crippen molar-refractivity contribution in [1.82, 2.24) is 0 Å². The second-order valence-electron chi connectivity index (χ2n) is 4.53. The average molecular weight is 290 g/mol. The third-order valence-corrected chi connectivity index (χ3v) is 4.75. The van der Waals surface area contributed by atoms with E-state index in [0.29, 0.717) is 12.4 Å². The molecule has 0 amide bonds. The van der Waals surface area contributed by atoms with Crippen molar-refractivity contribution in [2.75, 3.05) is 6.61 Å². The Morgan fingerprint density at radius 1 is 1.00 bits per heavy atom. The molecule has 20 heavy (non-hydrogen) atoms. The van der Waals surface area contributed by atoms with Gasteiger partial charge < -0.3 is 4.52 Å². The summed E-state index contributed by atoms with van der Waals surface area (Å²) in [6, 6.07) is 17.1. The van der Waals surface area contributed by atoms with Gasteiger partial charge >= 0.3 is 7.60 Å². The maximum Gasteiger partial charge on any atom is 0.383 e. The van der Waals surface area contributed by atoms with Crippen molar-refractivity contribution in [3.05, 3.63) is 65.7 Å². The highest BCUT2D eigenvalue weighted by molar-refractivity contribution is 7.53. The standard InChI is InChI=1S/C16H19O3P/c1-3-18-20(17,13-15-10-5-4-6-11-15)19-16-12-8-7-9-14(16)2/h4-12H,3,13H2,1-2H3. The topological polar surface area (TPSA) is 35.5 Å². The van der Waals surface area contributed by atoms with Crippen LogP contribution in [0.15, 0.2) is 54.6 Å². The quantitative estimate of drug-likeness (QED) is 0.717. The van der Waals surface area contributed by atoms with Gasteiger partial charge in [-0.3, -0.25) is 4.52 Å². The molecule has 0 fully saturated rings. The maximum absolute atomic E-state index is 12.9. The predicted molar refractivity (Wildman–Crippen MR) is 81.2 cm³/mol. The molecule has 1 unspecified atom stereocenters. The van der Waals surface area contributed by atoms with Crippen LogP contribution in [0.1, 0.15) is 18.1 Å². The molecule has 106 valence electrons.